The molecule has 1 atom stereocenters. The molecule has 0 aliphatic carbocycles. The summed E-state index contributed by atoms with van der Waals surface area (Å²) in [6, 6.07) is 25.4. The molecule has 1 aliphatic heterocycles. The van der Waals surface area contributed by atoms with Gasteiger partial charge in [-0.05, 0) is 29.8 Å². The predicted molar refractivity (Wildman–Crippen MR) is 116 cm³/mol. The van der Waals surface area contributed by atoms with Gasteiger partial charge in [0.2, 0.25) is 0 Å². The van der Waals surface area contributed by atoms with Gasteiger partial charge in [-0.1, -0.05) is 54.6 Å². The van der Waals surface area contributed by atoms with Crippen molar-refractivity contribution in [2.24, 2.45) is 0 Å². The average molecular weight is 406 g/mol. The Morgan fingerprint density at radius 2 is 1.83 bits per heavy atom. The van der Waals surface area contributed by atoms with Gasteiger partial charge in [0, 0.05) is 23.4 Å². The van der Waals surface area contributed by atoms with Gasteiger partial charge in [-0.25, -0.2) is 0 Å². The topological polar surface area (TPSA) is 38.8 Å². The fraction of sp³-hybridized carbons (Fsp3) is 0.208. The Kier molecular flexibility index (Phi) is 6.06. The van der Waals surface area contributed by atoms with Crippen molar-refractivity contribution in [1.29, 1.82) is 0 Å². The van der Waals surface area contributed by atoms with Crippen LogP contribution in [-0.2, 0) is 6.61 Å². The van der Waals surface area contributed by atoms with E-state index in [0.29, 0.717) is 24.5 Å². The number of amides is 1. The molecule has 4 nitrogen and oxygen atoms in total. The van der Waals surface area contributed by atoms with E-state index in [9.17, 15) is 4.79 Å². The van der Waals surface area contributed by atoms with Crippen molar-refractivity contribution in [3.05, 3.63) is 95.6 Å². The number of methoxy groups -OCH3 is 1. The predicted octanol–water partition coefficient (Wildman–Crippen LogP) is 5.16. The number of carbonyl (C=O) groups excluding carboxylic acids is 1. The van der Waals surface area contributed by atoms with Crippen molar-refractivity contribution in [1.82, 2.24) is 4.90 Å². The van der Waals surface area contributed by atoms with Gasteiger partial charge in [-0.15, -0.1) is 11.8 Å². The quantitative estimate of drug-likeness (QED) is 0.568. The number of benzene rings is 3. The smallest absolute Gasteiger partial charge is 0.255 e. The summed E-state index contributed by atoms with van der Waals surface area (Å²) in [5.74, 6) is 2.41. The molecule has 1 fully saturated rings. The second-order valence-electron chi connectivity index (χ2n) is 6.77. The zero-order chi connectivity index (χ0) is 20.1. The highest BCUT2D eigenvalue weighted by Crippen LogP contribution is 2.42. The maximum atomic E-state index is 13.2. The first kappa shape index (κ1) is 19.4. The van der Waals surface area contributed by atoms with Gasteiger partial charge >= 0.3 is 0 Å². The molecule has 0 spiro atoms. The Hall–Kier alpha value is -2.92. The summed E-state index contributed by atoms with van der Waals surface area (Å²) in [6.45, 7) is 1.21. The average Bonchev–Trinajstić information content (AvgIpc) is 3.28. The molecule has 0 saturated carbocycles. The van der Waals surface area contributed by atoms with Crippen molar-refractivity contribution >= 4 is 17.7 Å². The lowest BCUT2D eigenvalue weighted by atomic mass is 10.1. The standard InChI is InChI=1S/C24H23NO3S/c1-27-20-11-7-10-19(16-20)23(26)25-14-15-29-24(25)21-12-5-6-13-22(21)28-17-18-8-3-2-4-9-18/h2-13,16,24H,14-15,17H2,1H3. The van der Waals surface area contributed by atoms with Crippen LogP contribution in [0, 0.1) is 0 Å². The summed E-state index contributed by atoms with van der Waals surface area (Å²) in [6.07, 6.45) is 0. The molecular formula is C24H23NO3S. The molecule has 3 aromatic rings. The largest absolute Gasteiger partial charge is 0.497 e. The van der Waals surface area contributed by atoms with Gasteiger partial charge in [0.15, 0.2) is 0 Å². The SMILES string of the molecule is COc1cccc(C(=O)N2CCSC2c2ccccc2OCc2ccccc2)c1. The summed E-state index contributed by atoms with van der Waals surface area (Å²) >= 11 is 1.77. The third kappa shape index (κ3) is 4.40. The van der Waals surface area contributed by atoms with Gasteiger partial charge in [-0.2, -0.15) is 0 Å². The maximum absolute atomic E-state index is 13.2. The van der Waals surface area contributed by atoms with Crippen LogP contribution in [0.2, 0.25) is 0 Å². The van der Waals surface area contributed by atoms with Crippen molar-refractivity contribution in [3.8, 4) is 11.5 Å². The number of thioether (sulfide) groups is 1. The number of carbonyl (C=O) groups is 1. The van der Waals surface area contributed by atoms with Gasteiger partial charge in [-0.3, -0.25) is 4.79 Å². The van der Waals surface area contributed by atoms with Crippen LogP contribution in [0.5, 0.6) is 11.5 Å². The fourth-order valence-electron chi connectivity index (χ4n) is 3.41. The van der Waals surface area contributed by atoms with E-state index in [2.05, 4.69) is 6.07 Å². The van der Waals surface area contributed by atoms with E-state index in [1.165, 1.54) is 0 Å². The molecule has 3 aromatic carbocycles. The Morgan fingerprint density at radius 3 is 2.66 bits per heavy atom. The number of nitrogens with zero attached hydrogens (tertiary/aromatic N) is 1. The summed E-state index contributed by atoms with van der Waals surface area (Å²) in [5.41, 5.74) is 2.78. The Morgan fingerprint density at radius 1 is 1.03 bits per heavy atom. The molecule has 5 heteroatoms. The Bertz CT molecular complexity index is 977. The highest BCUT2D eigenvalue weighted by molar-refractivity contribution is 7.99. The molecule has 0 aromatic heterocycles. The van der Waals surface area contributed by atoms with Crippen LogP contribution in [0.3, 0.4) is 0 Å². The molecule has 1 amide bonds. The number of hydrogen-bond donors (Lipinski definition) is 0. The number of para-hydroxylation sites is 1. The van der Waals surface area contributed by atoms with Crippen LogP contribution in [0.4, 0.5) is 0 Å². The molecule has 0 radical (unpaired) electrons. The van der Waals surface area contributed by atoms with E-state index in [0.717, 1.165) is 22.6 Å². The second kappa shape index (κ2) is 9.05. The molecule has 1 heterocycles. The highest BCUT2D eigenvalue weighted by Gasteiger charge is 2.33. The van der Waals surface area contributed by atoms with Crippen LogP contribution in [0.1, 0.15) is 26.9 Å². The van der Waals surface area contributed by atoms with E-state index in [1.54, 1.807) is 24.9 Å². The minimum atomic E-state index is -0.0688. The van der Waals surface area contributed by atoms with Gasteiger partial charge in [0.1, 0.15) is 23.5 Å². The first-order valence-corrected chi connectivity index (χ1v) is 10.6. The minimum absolute atomic E-state index is 0.0109. The molecule has 1 aliphatic rings. The van der Waals surface area contributed by atoms with Crippen molar-refractivity contribution < 1.29 is 14.3 Å². The molecular weight excluding hydrogens is 382 g/mol. The van der Waals surface area contributed by atoms with Crippen LogP contribution in [0.15, 0.2) is 78.9 Å². The monoisotopic (exact) mass is 405 g/mol. The number of ether oxygens (including phenoxy) is 2. The van der Waals surface area contributed by atoms with Crippen molar-refractivity contribution in [2.75, 3.05) is 19.4 Å². The third-order valence-corrected chi connectivity index (χ3v) is 6.13. The molecule has 0 N–H and O–H groups in total. The van der Waals surface area contributed by atoms with Gasteiger partial charge in [0.25, 0.3) is 5.91 Å². The van der Waals surface area contributed by atoms with E-state index >= 15 is 0 Å². The molecule has 29 heavy (non-hydrogen) atoms. The summed E-state index contributed by atoms with van der Waals surface area (Å²) in [7, 11) is 1.61. The lowest BCUT2D eigenvalue weighted by Crippen LogP contribution is -2.30. The van der Waals surface area contributed by atoms with Gasteiger partial charge < -0.3 is 14.4 Å². The Balaban J connectivity index is 1.56. The second-order valence-corrected chi connectivity index (χ2v) is 7.95. The van der Waals surface area contributed by atoms with E-state index in [-0.39, 0.29) is 11.3 Å². The van der Waals surface area contributed by atoms with E-state index < -0.39 is 0 Å². The van der Waals surface area contributed by atoms with Crippen molar-refractivity contribution in [3.63, 3.8) is 0 Å². The summed E-state index contributed by atoms with van der Waals surface area (Å²) in [4.78, 5) is 15.1. The zero-order valence-electron chi connectivity index (χ0n) is 16.3. The molecule has 0 bridgehead atoms. The normalized spacial score (nSPS) is 15.9. The first-order chi connectivity index (χ1) is 14.3. The number of rotatable bonds is 6. The van der Waals surface area contributed by atoms with Gasteiger partial charge in [0.05, 0.1) is 7.11 Å². The van der Waals surface area contributed by atoms with E-state index in [1.807, 2.05) is 71.6 Å². The number of hydrogen-bond acceptors (Lipinski definition) is 4. The van der Waals surface area contributed by atoms with Crippen LogP contribution in [0.25, 0.3) is 0 Å². The van der Waals surface area contributed by atoms with E-state index in [4.69, 9.17) is 9.47 Å². The minimum Gasteiger partial charge on any atom is -0.497 e. The Labute approximate surface area is 175 Å². The fourth-order valence-corrected chi connectivity index (χ4v) is 4.69. The lowest BCUT2D eigenvalue weighted by Gasteiger charge is -2.26. The molecule has 1 unspecified atom stereocenters. The highest BCUT2D eigenvalue weighted by atomic mass is 32.2. The third-order valence-electron chi connectivity index (χ3n) is 4.89. The molecule has 148 valence electrons. The maximum Gasteiger partial charge on any atom is 0.255 e. The summed E-state index contributed by atoms with van der Waals surface area (Å²) < 4.78 is 11.4. The summed E-state index contributed by atoms with van der Waals surface area (Å²) in [5, 5.41) is -0.0688. The van der Waals surface area contributed by atoms with Crippen molar-refractivity contribution in [2.45, 2.75) is 12.0 Å². The lowest BCUT2D eigenvalue weighted by molar-refractivity contribution is 0.0758. The van der Waals surface area contributed by atoms with Crippen LogP contribution >= 0.6 is 11.8 Å². The van der Waals surface area contributed by atoms with Crippen LogP contribution in [-0.4, -0.2) is 30.2 Å². The molecule has 1 saturated heterocycles. The first-order valence-electron chi connectivity index (χ1n) is 9.58. The molecule has 4 rings (SSSR count). The zero-order valence-corrected chi connectivity index (χ0v) is 17.1. The van der Waals surface area contributed by atoms with Crippen LogP contribution < -0.4 is 9.47 Å².